The highest BCUT2D eigenvalue weighted by molar-refractivity contribution is 5.90. The minimum absolute atomic E-state index is 0.0156. The molecule has 2 rings (SSSR count). The molecule has 0 heterocycles. The second-order valence-corrected chi connectivity index (χ2v) is 4.65. The van der Waals surface area contributed by atoms with Crippen molar-refractivity contribution in [2.45, 2.75) is 13.1 Å². The fraction of sp³-hybridized carbons (Fsp3) is 0.125. The Hall–Kier alpha value is -2.83. The van der Waals surface area contributed by atoms with E-state index in [1.54, 1.807) is 0 Å². The van der Waals surface area contributed by atoms with E-state index in [1.165, 1.54) is 24.3 Å². The Morgan fingerprint density at radius 3 is 2.26 bits per heavy atom. The minimum Gasteiger partial charge on any atom is -0.478 e. The molecule has 0 saturated heterocycles. The normalized spacial score (nSPS) is 11.1. The van der Waals surface area contributed by atoms with E-state index in [4.69, 9.17) is 9.84 Å². The average Bonchev–Trinajstić information content (AvgIpc) is 2.45. The van der Waals surface area contributed by atoms with Crippen molar-refractivity contribution in [1.82, 2.24) is 0 Å². The molecule has 0 aliphatic heterocycles. The molecule has 0 aromatic heterocycles. The molecule has 0 aliphatic carbocycles. The summed E-state index contributed by atoms with van der Waals surface area (Å²) < 4.78 is 44.3. The van der Waals surface area contributed by atoms with Crippen LogP contribution in [0.2, 0.25) is 0 Å². The van der Waals surface area contributed by atoms with Gasteiger partial charge in [0.2, 0.25) is 0 Å². The van der Waals surface area contributed by atoms with E-state index in [9.17, 15) is 22.8 Å². The second-order valence-electron chi connectivity index (χ2n) is 4.65. The average molecular weight is 324 g/mol. The van der Waals surface area contributed by atoms with E-state index in [0.29, 0.717) is 0 Å². The van der Waals surface area contributed by atoms with E-state index in [0.717, 1.165) is 25.1 Å². The Balaban J connectivity index is 2.68. The number of esters is 1. The number of ether oxygens (including phenoxy) is 1. The zero-order valence-electron chi connectivity index (χ0n) is 11.8. The van der Waals surface area contributed by atoms with Gasteiger partial charge in [0.05, 0.1) is 11.1 Å². The van der Waals surface area contributed by atoms with E-state index >= 15 is 0 Å². The van der Waals surface area contributed by atoms with Crippen LogP contribution in [0.1, 0.15) is 22.8 Å². The summed E-state index contributed by atoms with van der Waals surface area (Å²) in [5, 5.41) is 8.97. The maximum Gasteiger partial charge on any atom is 0.417 e. The van der Waals surface area contributed by atoms with E-state index in [1.807, 2.05) is 0 Å². The molecule has 0 radical (unpaired) electrons. The maximum absolute atomic E-state index is 13.1. The molecule has 4 nitrogen and oxygen atoms in total. The van der Waals surface area contributed by atoms with Crippen LogP contribution in [-0.4, -0.2) is 17.0 Å². The number of carbonyl (C=O) groups excluding carboxylic acids is 1. The zero-order chi connectivity index (χ0) is 17.2. The number of hydrogen-bond donors (Lipinski definition) is 1. The van der Waals surface area contributed by atoms with Crippen LogP contribution in [0.5, 0.6) is 5.75 Å². The Labute approximate surface area is 129 Å². The van der Waals surface area contributed by atoms with Crippen LogP contribution in [-0.2, 0) is 11.0 Å². The Morgan fingerprint density at radius 2 is 1.70 bits per heavy atom. The molecule has 1 N–H and O–H groups in total. The van der Waals surface area contributed by atoms with Crippen molar-refractivity contribution in [3.05, 3.63) is 53.6 Å². The lowest BCUT2D eigenvalue weighted by atomic mass is 9.97. The summed E-state index contributed by atoms with van der Waals surface area (Å²) in [4.78, 5) is 22.2. The summed E-state index contributed by atoms with van der Waals surface area (Å²) in [6, 6.07) is 8.14. The first-order valence-electron chi connectivity index (χ1n) is 6.42. The second kappa shape index (κ2) is 6.12. The van der Waals surface area contributed by atoms with Crippen molar-refractivity contribution in [2.24, 2.45) is 0 Å². The summed E-state index contributed by atoms with van der Waals surface area (Å²) in [6.07, 6.45) is -4.60. The number of halogens is 3. The van der Waals surface area contributed by atoms with Gasteiger partial charge in [-0.15, -0.1) is 0 Å². The molecule has 0 amide bonds. The van der Waals surface area contributed by atoms with Gasteiger partial charge < -0.3 is 9.84 Å². The summed E-state index contributed by atoms with van der Waals surface area (Å²) in [6.45, 7) is 1.08. The molecular formula is C16H11F3O4. The molecule has 0 fully saturated rings. The van der Waals surface area contributed by atoms with Crippen molar-refractivity contribution >= 4 is 11.9 Å². The summed E-state index contributed by atoms with van der Waals surface area (Å²) in [5.74, 6) is -2.29. The molecule has 2 aromatic carbocycles. The lowest BCUT2D eigenvalue weighted by molar-refractivity contribution is -0.137. The number of rotatable bonds is 3. The lowest BCUT2D eigenvalue weighted by Crippen LogP contribution is -2.09. The molecule has 0 bridgehead atoms. The van der Waals surface area contributed by atoms with Crippen molar-refractivity contribution in [2.75, 3.05) is 0 Å². The molecule has 0 unspecified atom stereocenters. The highest BCUT2D eigenvalue weighted by atomic mass is 19.4. The van der Waals surface area contributed by atoms with Crippen LogP contribution >= 0.6 is 0 Å². The molecule has 120 valence electrons. The topological polar surface area (TPSA) is 63.6 Å². The fourth-order valence-electron chi connectivity index (χ4n) is 2.08. The Kier molecular flexibility index (Phi) is 4.40. The first kappa shape index (κ1) is 16.5. The number of carboxylic acid groups (broad SMARTS) is 1. The van der Waals surface area contributed by atoms with Gasteiger partial charge in [-0.3, -0.25) is 4.79 Å². The standard InChI is InChI=1S/C16H11F3O4/c1-9(20)23-14-8-10(15(21)22)6-7-12(14)11-4-2-3-5-13(11)16(17,18)19/h2-8H,1H3,(H,21,22). The van der Waals surface area contributed by atoms with Crippen molar-refractivity contribution in [3.63, 3.8) is 0 Å². The van der Waals surface area contributed by atoms with E-state index in [2.05, 4.69) is 0 Å². The first-order valence-corrected chi connectivity index (χ1v) is 6.42. The predicted molar refractivity (Wildman–Crippen MR) is 75.1 cm³/mol. The van der Waals surface area contributed by atoms with Gasteiger partial charge in [-0.2, -0.15) is 13.2 Å². The first-order chi connectivity index (χ1) is 10.7. The third-order valence-corrected chi connectivity index (χ3v) is 3.00. The molecule has 2 aromatic rings. The van der Waals surface area contributed by atoms with E-state index in [-0.39, 0.29) is 22.4 Å². The highest BCUT2D eigenvalue weighted by Gasteiger charge is 2.34. The molecule has 0 aliphatic rings. The lowest BCUT2D eigenvalue weighted by Gasteiger charge is -2.15. The van der Waals surface area contributed by atoms with Crippen LogP contribution in [0, 0.1) is 0 Å². The molecule has 0 spiro atoms. The van der Waals surface area contributed by atoms with Crippen molar-refractivity contribution in [1.29, 1.82) is 0 Å². The van der Waals surface area contributed by atoms with Gasteiger partial charge >= 0.3 is 18.1 Å². The Morgan fingerprint density at radius 1 is 1.04 bits per heavy atom. The van der Waals surface area contributed by atoms with Crippen LogP contribution in [0.15, 0.2) is 42.5 Å². The zero-order valence-corrected chi connectivity index (χ0v) is 11.8. The number of aromatic carboxylic acids is 1. The third-order valence-electron chi connectivity index (χ3n) is 3.00. The largest absolute Gasteiger partial charge is 0.478 e. The van der Waals surface area contributed by atoms with Crippen LogP contribution in [0.3, 0.4) is 0 Å². The molecule has 0 atom stereocenters. The minimum atomic E-state index is -4.60. The third kappa shape index (κ3) is 3.68. The number of carboxylic acids is 1. The van der Waals surface area contributed by atoms with Gasteiger partial charge in [0, 0.05) is 12.5 Å². The van der Waals surface area contributed by atoms with Gasteiger partial charge in [0.1, 0.15) is 5.75 Å². The number of carbonyl (C=O) groups is 2. The summed E-state index contributed by atoms with van der Waals surface area (Å²) in [5.41, 5.74) is -1.32. The molecule has 0 saturated carbocycles. The number of alkyl halides is 3. The highest BCUT2D eigenvalue weighted by Crippen LogP contribution is 2.40. The monoisotopic (exact) mass is 324 g/mol. The summed E-state index contributed by atoms with van der Waals surface area (Å²) >= 11 is 0. The van der Waals surface area contributed by atoms with Crippen molar-refractivity contribution in [3.8, 4) is 16.9 Å². The Bertz CT molecular complexity index is 766. The van der Waals surface area contributed by atoms with Gasteiger partial charge in [-0.25, -0.2) is 4.79 Å². The number of hydrogen-bond acceptors (Lipinski definition) is 3. The van der Waals surface area contributed by atoms with E-state index < -0.39 is 23.7 Å². The van der Waals surface area contributed by atoms with Crippen molar-refractivity contribution < 1.29 is 32.6 Å². The quantitative estimate of drug-likeness (QED) is 0.685. The van der Waals surface area contributed by atoms with Gasteiger partial charge in [0.25, 0.3) is 0 Å². The van der Waals surface area contributed by atoms with Crippen LogP contribution < -0.4 is 4.74 Å². The SMILES string of the molecule is CC(=O)Oc1cc(C(=O)O)ccc1-c1ccccc1C(F)(F)F. The predicted octanol–water partition coefficient (Wildman–Crippen LogP) is 4.00. The fourth-order valence-corrected chi connectivity index (χ4v) is 2.08. The maximum atomic E-state index is 13.1. The van der Waals surface area contributed by atoms with Crippen LogP contribution in [0.25, 0.3) is 11.1 Å². The van der Waals surface area contributed by atoms with Gasteiger partial charge in [0.15, 0.2) is 0 Å². The molecular weight excluding hydrogens is 313 g/mol. The summed E-state index contributed by atoms with van der Waals surface area (Å²) in [7, 11) is 0. The van der Waals surface area contributed by atoms with Gasteiger partial charge in [-0.05, 0) is 29.8 Å². The number of benzene rings is 2. The van der Waals surface area contributed by atoms with Gasteiger partial charge in [-0.1, -0.05) is 18.2 Å². The van der Waals surface area contributed by atoms with Crippen LogP contribution in [0.4, 0.5) is 13.2 Å². The molecule has 23 heavy (non-hydrogen) atoms. The smallest absolute Gasteiger partial charge is 0.417 e. The molecule has 7 heteroatoms.